The molecule has 123 valence electrons. The van der Waals surface area contributed by atoms with Crippen LogP contribution in [0.1, 0.15) is 17.0 Å². The summed E-state index contributed by atoms with van der Waals surface area (Å²) in [5.74, 6) is 2.52. The van der Waals surface area contributed by atoms with Gasteiger partial charge in [-0.15, -0.1) is 0 Å². The van der Waals surface area contributed by atoms with Crippen LogP contribution >= 0.6 is 0 Å². The number of imidazole rings is 1. The van der Waals surface area contributed by atoms with Gasteiger partial charge in [0.25, 0.3) is 5.82 Å². The molecule has 1 aliphatic rings. The number of aromatic nitrogens is 2. The van der Waals surface area contributed by atoms with Crippen molar-refractivity contribution in [2.45, 2.75) is 13.5 Å². The summed E-state index contributed by atoms with van der Waals surface area (Å²) >= 11 is 0. The predicted octanol–water partition coefficient (Wildman–Crippen LogP) is 4.35. The van der Waals surface area contributed by atoms with Crippen molar-refractivity contribution in [3.8, 4) is 0 Å². The Bertz CT molecular complexity index is 911. The van der Waals surface area contributed by atoms with Gasteiger partial charge in [-0.3, -0.25) is 0 Å². The fraction of sp³-hybridized carbons (Fsp3) is 0.130. The summed E-state index contributed by atoms with van der Waals surface area (Å²) in [6, 6.07) is 17.2. The molecule has 0 spiro atoms. The van der Waals surface area contributed by atoms with Crippen molar-refractivity contribution in [3.63, 3.8) is 0 Å². The minimum atomic E-state index is 0.877. The largest absolute Gasteiger partial charge is 0.282 e. The molecule has 0 bridgehead atoms. The Morgan fingerprint density at radius 2 is 1.76 bits per heavy atom. The smallest absolute Gasteiger partial charge is 0.226 e. The van der Waals surface area contributed by atoms with E-state index in [2.05, 4.69) is 109 Å². The molecule has 1 fully saturated rings. The van der Waals surface area contributed by atoms with Crippen molar-refractivity contribution in [1.82, 2.24) is 4.57 Å². The monoisotopic (exact) mass is 326 g/mol. The molecule has 2 aromatic carbocycles. The molecule has 0 atom stereocenters. The molecule has 0 amide bonds. The zero-order valence-corrected chi connectivity index (χ0v) is 14.7. The SMILES string of the molecule is Cc1cccc(/C=C/c2n(C[C]3[CH][CH][CH][CH]3)c3ccccc3[n+]2C)c1. The molecule has 1 heterocycles. The lowest BCUT2D eigenvalue weighted by Gasteiger charge is -2.06. The van der Waals surface area contributed by atoms with Crippen LogP contribution in [0.3, 0.4) is 0 Å². The first-order chi connectivity index (χ1) is 12.2. The molecule has 0 aliphatic heterocycles. The van der Waals surface area contributed by atoms with E-state index in [9.17, 15) is 0 Å². The molecule has 1 aromatic heterocycles. The van der Waals surface area contributed by atoms with Crippen LogP contribution in [0.4, 0.5) is 0 Å². The first-order valence-corrected chi connectivity index (χ1v) is 8.65. The Labute approximate surface area is 150 Å². The van der Waals surface area contributed by atoms with Gasteiger partial charge in [0, 0.05) is 12.0 Å². The van der Waals surface area contributed by atoms with Crippen LogP contribution in [-0.4, -0.2) is 4.57 Å². The zero-order chi connectivity index (χ0) is 17.2. The number of hydrogen-bond donors (Lipinski definition) is 0. The number of fused-ring (bicyclic) bond motifs is 1. The van der Waals surface area contributed by atoms with Crippen molar-refractivity contribution in [3.05, 3.63) is 97.1 Å². The van der Waals surface area contributed by atoms with Gasteiger partial charge in [-0.05, 0) is 56.4 Å². The summed E-state index contributed by atoms with van der Waals surface area (Å²) in [5.41, 5.74) is 5.02. The van der Waals surface area contributed by atoms with Crippen molar-refractivity contribution < 1.29 is 4.57 Å². The number of hydrogen-bond acceptors (Lipinski definition) is 0. The van der Waals surface area contributed by atoms with E-state index in [0.29, 0.717) is 0 Å². The topological polar surface area (TPSA) is 8.81 Å². The van der Waals surface area contributed by atoms with E-state index >= 15 is 0 Å². The molecule has 2 nitrogen and oxygen atoms in total. The molecule has 1 saturated carbocycles. The molecular formula is C23H22N2+. The van der Waals surface area contributed by atoms with E-state index in [1.165, 1.54) is 33.9 Å². The molecule has 4 rings (SSSR count). The third-order valence-corrected chi connectivity index (χ3v) is 4.69. The van der Waals surface area contributed by atoms with E-state index in [0.717, 1.165) is 6.54 Å². The minimum Gasteiger partial charge on any atom is -0.226 e. The fourth-order valence-electron chi connectivity index (χ4n) is 3.42. The predicted molar refractivity (Wildman–Crippen MR) is 104 cm³/mol. The van der Waals surface area contributed by atoms with E-state index in [-0.39, 0.29) is 0 Å². The summed E-state index contributed by atoms with van der Waals surface area (Å²) in [4.78, 5) is 0. The number of benzene rings is 2. The lowest BCUT2D eigenvalue weighted by molar-refractivity contribution is -0.647. The van der Waals surface area contributed by atoms with Gasteiger partial charge in [0.05, 0.1) is 13.6 Å². The standard InChI is InChI=1S/C23H22N2/c1-18-8-7-11-19(16-18)14-15-23-24(2)21-12-5-6-13-22(21)25(23)17-20-9-3-4-10-20/h3-16H,17H2,1-2H3/q+1/b15-14+. The van der Waals surface area contributed by atoms with Crippen LogP contribution in [0, 0.1) is 38.5 Å². The molecule has 5 radical (unpaired) electrons. The highest BCUT2D eigenvalue weighted by Gasteiger charge is 2.26. The van der Waals surface area contributed by atoms with E-state index in [4.69, 9.17) is 0 Å². The van der Waals surface area contributed by atoms with Gasteiger partial charge in [-0.1, -0.05) is 42.0 Å². The average molecular weight is 326 g/mol. The summed E-state index contributed by atoms with van der Waals surface area (Å²) in [6.07, 6.45) is 13.0. The Morgan fingerprint density at radius 1 is 0.960 bits per heavy atom. The van der Waals surface area contributed by atoms with Gasteiger partial charge in [-0.25, -0.2) is 9.13 Å². The molecule has 25 heavy (non-hydrogen) atoms. The maximum absolute atomic E-state index is 2.39. The van der Waals surface area contributed by atoms with E-state index in [1.807, 2.05) is 0 Å². The molecule has 1 aliphatic carbocycles. The van der Waals surface area contributed by atoms with Crippen LogP contribution in [-0.2, 0) is 13.6 Å². The van der Waals surface area contributed by atoms with Gasteiger partial charge in [-0.2, -0.15) is 0 Å². The summed E-state index contributed by atoms with van der Waals surface area (Å²) in [7, 11) is 2.14. The number of rotatable bonds is 4. The Kier molecular flexibility index (Phi) is 4.44. The van der Waals surface area contributed by atoms with Gasteiger partial charge in [0.1, 0.15) is 0 Å². The first-order valence-electron chi connectivity index (χ1n) is 8.65. The lowest BCUT2D eigenvalue weighted by atomic mass is 10.1. The number of nitrogens with zero attached hydrogens (tertiary/aromatic N) is 2. The highest BCUT2D eigenvalue weighted by Crippen LogP contribution is 2.27. The van der Waals surface area contributed by atoms with Crippen molar-refractivity contribution >= 4 is 23.2 Å². The second-order valence-electron chi connectivity index (χ2n) is 6.53. The van der Waals surface area contributed by atoms with E-state index < -0.39 is 0 Å². The third-order valence-electron chi connectivity index (χ3n) is 4.69. The van der Waals surface area contributed by atoms with Crippen LogP contribution in [0.25, 0.3) is 23.2 Å². The normalized spacial score (nSPS) is 15.6. The van der Waals surface area contributed by atoms with Gasteiger partial charge in [0.2, 0.25) is 0 Å². The lowest BCUT2D eigenvalue weighted by Crippen LogP contribution is -2.31. The Morgan fingerprint density at radius 3 is 2.56 bits per heavy atom. The molecular weight excluding hydrogens is 304 g/mol. The zero-order valence-electron chi connectivity index (χ0n) is 14.7. The fourth-order valence-corrected chi connectivity index (χ4v) is 3.42. The summed E-state index contributed by atoms with van der Waals surface area (Å²) < 4.78 is 4.65. The number of aryl methyl sites for hydroxylation is 2. The quantitative estimate of drug-likeness (QED) is 0.630. The molecule has 0 unspecified atom stereocenters. The van der Waals surface area contributed by atoms with E-state index in [1.54, 1.807) is 0 Å². The molecule has 2 heteroatoms. The molecule has 0 N–H and O–H groups in total. The highest BCUT2D eigenvalue weighted by molar-refractivity contribution is 5.76. The highest BCUT2D eigenvalue weighted by atomic mass is 15.2. The van der Waals surface area contributed by atoms with Crippen LogP contribution in [0.2, 0.25) is 0 Å². The summed E-state index contributed by atoms with van der Waals surface area (Å²) in [6.45, 7) is 3.01. The van der Waals surface area contributed by atoms with Crippen LogP contribution in [0.15, 0.2) is 48.5 Å². The van der Waals surface area contributed by atoms with Gasteiger partial charge in [0.15, 0.2) is 11.0 Å². The van der Waals surface area contributed by atoms with Crippen molar-refractivity contribution in [1.29, 1.82) is 0 Å². The Hall–Kier alpha value is -2.35. The van der Waals surface area contributed by atoms with Crippen LogP contribution in [0.5, 0.6) is 0 Å². The van der Waals surface area contributed by atoms with Gasteiger partial charge >= 0.3 is 0 Å². The van der Waals surface area contributed by atoms with Crippen molar-refractivity contribution in [2.75, 3.05) is 0 Å². The minimum absolute atomic E-state index is 0.877. The maximum Gasteiger partial charge on any atom is 0.282 e. The second-order valence-corrected chi connectivity index (χ2v) is 6.53. The average Bonchev–Trinajstić information content (AvgIpc) is 3.22. The van der Waals surface area contributed by atoms with Gasteiger partial charge < -0.3 is 0 Å². The first kappa shape index (κ1) is 16.1. The second kappa shape index (κ2) is 6.87. The Balaban J connectivity index is 1.77. The molecule has 0 saturated heterocycles. The number of para-hydroxylation sites is 2. The summed E-state index contributed by atoms with van der Waals surface area (Å²) in [5, 5.41) is 0. The maximum atomic E-state index is 2.39. The van der Waals surface area contributed by atoms with Crippen LogP contribution < -0.4 is 4.57 Å². The third kappa shape index (κ3) is 3.26. The van der Waals surface area contributed by atoms with Crippen molar-refractivity contribution in [2.24, 2.45) is 7.05 Å². The molecule has 3 aromatic rings.